The van der Waals surface area contributed by atoms with E-state index in [1.165, 1.54) is 6.07 Å². The predicted octanol–water partition coefficient (Wildman–Crippen LogP) is 4.11. The molecule has 0 bridgehead atoms. The van der Waals surface area contributed by atoms with Crippen molar-refractivity contribution in [1.82, 2.24) is 5.32 Å². The van der Waals surface area contributed by atoms with Crippen molar-refractivity contribution in [3.05, 3.63) is 35.4 Å². The van der Waals surface area contributed by atoms with Gasteiger partial charge in [0.2, 0.25) is 0 Å². The maximum atomic E-state index is 12.9. The van der Waals surface area contributed by atoms with Crippen molar-refractivity contribution in [1.29, 1.82) is 0 Å². The zero-order valence-electron chi connectivity index (χ0n) is 10.6. The van der Waals surface area contributed by atoms with Gasteiger partial charge in [0.1, 0.15) is 0 Å². The van der Waals surface area contributed by atoms with Gasteiger partial charge in [-0.2, -0.15) is 24.9 Å². The molecule has 0 heterocycles. The summed E-state index contributed by atoms with van der Waals surface area (Å²) in [6, 6.07) is 5.51. The van der Waals surface area contributed by atoms with Gasteiger partial charge in [0.05, 0.1) is 5.56 Å². The van der Waals surface area contributed by atoms with Gasteiger partial charge in [0, 0.05) is 11.8 Å². The van der Waals surface area contributed by atoms with E-state index in [1.807, 2.05) is 0 Å². The van der Waals surface area contributed by atoms with Gasteiger partial charge in [0.15, 0.2) is 0 Å². The lowest BCUT2D eigenvalue weighted by Gasteiger charge is -2.21. The highest BCUT2D eigenvalue weighted by Crippen LogP contribution is 2.35. The fraction of sp³-hybridized carbons (Fsp3) is 0.538. The first-order valence-electron chi connectivity index (χ1n) is 5.91. The molecule has 0 fully saturated rings. The Bertz CT molecular complexity index is 365. The highest BCUT2D eigenvalue weighted by molar-refractivity contribution is 7.99. The summed E-state index contributed by atoms with van der Waals surface area (Å²) in [7, 11) is 1.70. The number of hydrogen-bond acceptors (Lipinski definition) is 2. The Morgan fingerprint density at radius 3 is 2.50 bits per heavy atom. The van der Waals surface area contributed by atoms with Crippen LogP contribution in [0.5, 0.6) is 0 Å². The minimum absolute atomic E-state index is 0.264. The smallest absolute Gasteiger partial charge is 0.312 e. The van der Waals surface area contributed by atoms with E-state index in [1.54, 1.807) is 30.9 Å². The molecule has 1 N–H and O–H groups in total. The molecule has 0 radical (unpaired) electrons. The van der Waals surface area contributed by atoms with Gasteiger partial charge in [-0.1, -0.05) is 25.1 Å². The topological polar surface area (TPSA) is 12.0 Å². The number of hydrogen-bond donors (Lipinski definition) is 1. The predicted molar refractivity (Wildman–Crippen MR) is 70.9 cm³/mol. The maximum absolute atomic E-state index is 12.9. The quantitative estimate of drug-likeness (QED) is 0.785. The second-order valence-corrected chi connectivity index (χ2v) is 5.15. The number of halogens is 3. The van der Waals surface area contributed by atoms with Gasteiger partial charge >= 0.3 is 6.18 Å². The van der Waals surface area contributed by atoms with Gasteiger partial charge in [0.25, 0.3) is 0 Å². The van der Waals surface area contributed by atoms with Crippen molar-refractivity contribution in [3.63, 3.8) is 0 Å². The van der Waals surface area contributed by atoms with Gasteiger partial charge in [-0.25, -0.2) is 0 Å². The monoisotopic (exact) mass is 277 g/mol. The second kappa shape index (κ2) is 7.04. The third-order valence-electron chi connectivity index (χ3n) is 2.62. The molecule has 1 atom stereocenters. The van der Waals surface area contributed by atoms with Crippen molar-refractivity contribution < 1.29 is 13.2 Å². The van der Waals surface area contributed by atoms with Gasteiger partial charge in [-0.15, -0.1) is 0 Å². The first-order chi connectivity index (χ1) is 8.50. The summed E-state index contributed by atoms with van der Waals surface area (Å²) >= 11 is 1.67. The fourth-order valence-corrected chi connectivity index (χ4v) is 2.77. The number of benzene rings is 1. The van der Waals surface area contributed by atoms with Crippen LogP contribution in [-0.2, 0) is 6.18 Å². The first kappa shape index (κ1) is 15.4. The van der Waals surface area contributed by atoms with E-state index in [9.17, 15) is 13.2 Å². The van der Waals surface area contributed by atoms with Crippen molar-refractivity contribution in [2.24, 2.45) is 0 Å². The molecule has 0 aliphatic rings. The number of rotatable bonds is 6. The van der Waals surface area contributed by atoms with E-state index in [-0.39, 0.29) is 6.04 Å². The van der Waals surface area contributed by atoms with E-state index in [0.717, 1.165) is 18.2 Å². The normalized spacial score (nSPS) is 13.6. The second-order valence-electron chi connectivity index (χ2n) is 4.00. The molecule has 0 spiro atoms. The summed E-state index contributed by atoms with van der Waals surface area (Å²) in [5.74, 6) is 1.61. The molecule has 5 heteroatoms. The van der Waals surface area contributed by atoms with Crippen LogP contribution in [0.4, 0.5) is 13.2 Å². The molecular weight excluding hydrogens is 259 g/mol. The molecule has 1 aromatic rings. The molecule has 1 aromatic carbocycles. The standard InChI is InChI=1S/C13H18F3NS/c1-3-8-18-9-12(17-2)10-6-4-5-7-11(10)13(14,15)16/h4-7,12,17H,3,8-9H2,1-2H3. The van der Waals surface area contributed by atoms with Crippen LogP contribution < -0.4 is 5.32 Å². The minimum atomic E-state index is -4.29. The summed E-state index contributed by atoms with van der Waals surface area (Å²) in [6.07, 6.45) is -3.26. The van der Waals surface area contributed by atoms with Crippen LogP contribution >= 0.6 is 11.8 Å². The molecule has 18 heavy (non-hydrogen) atoms. The Morgan fingerprint density at radius 2 is 1.94 bits per heavy atom. The zero-order valence-corrected chi connectivity index (χ0v) is 11.4. The molecule has 0 aliphatic heterocycles. The van der Waals surface area contributed by atoms with Gasteiger partial charge in [-0.3, -0.25) is 0 Å². The molecule has 0 saturated carbocycles. The van der Waals surface area contributed by atoms with Crippen molar-refractivity contribution in [3.8, 4) is 0 Å². The van der Waals surface area contributed by atoms with E-state index < -0.39 is 11.7 Å². The molecule has 1 unspecified atom stereocenters. The minimum Gasteiger partial charge on any atom is -0.312 e. The Hall–Kier alpha value is -0.680. The summed E-state index contributed by atoms with van der Waals surface area (Å²) in [6.45, 7) is 2.06. The zero-order chi connectivity index (χ0) is 13.6. The third-order valence-corrected chi connectivity index (χ3v) is 3.89. The molecule has 0 aliphatic carbocycles. The molecule has 0 saturated heterocycles. The van der Waals surface area contributed by atoms with Crippen LogP contribution in [-0.4, -0.2) is 18.6 Å². The van der Waals surface area contributed by atoms with Crippen molar-refractivity contribution in [2.45, 2.75) is 25.6 Å². The molecule has 1 rings (SSSR count). The van der Waals surface area contributed by atoms with Crippen LogP contribution in [0.3, 0.4) is 0 Å². The third kappa shape index (κ3) is 4.21. The van der Waals surface area contributed by atoms with Crippen molar-refractivity contribution >= 4 is 11.8 Å². The number of nitrogens with one attached hydrogen (secondary N) is 1. The molecular formula is C13H18F3NS. The van der Waals surface area contributed by atoms with Gasteiger partial charge in [-0.05, 0) is 30.9 Å². The Balaban J connectivity index is 2.91. The van der Waals surface area contributed by atoms with Crippen LogP contribution in [0, 0.1) is 0 Å². The number of thioether (sulfide) groups is 1. The summed E-state index contributed by atoms with van der Waals surface area (Å²) in [5.41, 5.74) is -0.211. The first-order valence-corrected chi connectivity index (χ1v) is 7.07. The fourth-order valence-electron chi connectivity index (χ4n) is 1.73. The summed E-state index contributed by atoms with van der Waals surface area (Å²) in [5, 5.41) is 2.97. The lowest BCUT2D eigenvalue weighted by Crippen LogP contribution is -2.23. The summed E-state index contributed by atoms with van der Waals surface area (Å²) < 4.78 is 38.7. The maximum Gasteiger partial charge on any atom is 0.416 e. The largest absolute Gasteiger partial charge is 0.416 e. The highest BCUT2D eigenvalue weighted by atomic mass is 32.2. The Morgan fingerprint density at radius 1 is 1.28 bits per heavy atom. The lowest BCUT2D eigenvalue weighted by molar-refractivity contribution is -0.138. The van der Waals surface area contributed by atoms with Crippen LogP contribution in [0.1, 0.15) is 30.5 Å². The number of alkyl halides is 3. The van der Waals surface area contributed by atoms with Crippen LogP contribution in [0.15, 0.2) is 24.3 Å². The molecule has 0 amide bonds. The van der Waals surface area contributed by atoms with E-state index in [2.05, 4.69) is 12.2 Å². The molecule has 0 aromatic heterocycles. The SMILES string of the molecule is CCCSCC(NC)c1ccccc1C(F)(F)F. The molecule has 102 valence electrons. The highest BCUT2D eigenvalue weighted by Gasteiger charge is 2.34. The van der Waals surface area contributed by atoms with Crippen molar-refractivity contribution in [2.75, 3.05) is 18.6 Å². The molecule has 1 nitrogen and oxygen atoms in total. The van der Waals surface area contributed by atoms with Gasteiger partial charge < -0.3 is 5.32 Å². The van der Waals surface area contributed by atoms with E-state index in [0.29, 0.717) is 11.3 Å². The Kier molecular flexibility index (Phi) is 6.02. The van der Waals surface area contributed by atoms with Crippen LogP contribution in [0.25, 0.3) is 0 Å². The van der Waals surface area contributed by atoms with E-state index in [4.69, 9.17) is 0 Å². The average molecular weight is 277 g/mol. The summed E-state index contributed by atoms with van der Waals surface area (Å²) in [4.78, 5) is 0. The lowest BCUT2D eigenvalue weighted by atomic mass is 10.0. The van der Waals surface area contributed by atoms with Crippen LogP contribution in [0.2, 0.25) is 0 Å². The average Bonchev–Trinajstić information content (AvgIpc) is 2.34. The van der Waals surface area contributed by atoms with E-state index >= 15 is 0 Å². The Labute approximate surface area is 110 Å².